The second-order valence-electron chi connectivity index (χ2n) is 6.98. The number of carbonyl (C=O) groups excluding carboxylic acids is 3. The number of fused-ring (bicyclic) bond motifs is 1. The smallest absolute Gasteiger partial charge is 0.338 e. The third kappa shape index (κ3) is 3.43. The summed E-state index contributed by atoms with van der Waals surface area (Å²) in [6, 6.07) is 21.9. The number of hydrogen-bond donors (Lipinski definition) is 0. The Morgan fingerprint density at radius 3 is 2.09 bits per heavy atom. The zero-order chi connectivity index (χ0) is 22.1. The highest BCUT2D eigenvalue weighted by Crippen LogP contribution is 2.28. The summed E-state index contributed by atoms with van der Waals surface area (Å²) < 4.78 is 10.8. The van der Waals surface area contributed by atoms with Gasteiger partial charge in [-0.1, -0.05) is 30.3 Å². The SMILES string of the molecule is O=C(OCc1nnc(-c2ccccc2)o1)c1ccc(N2C(=O)c3ccccc3C2=O)cc1. The molecule has 3 aromatic carbocycles. The number of carbonyl (C=O) groups is 3. The first-order chi connectivity index (χ1) is 15.6. The van der Waals surface area contributed by atoms with Crippen molar-refractivity contribution < 1.29 is 23.5 Å². The highest BCUT2D eigenvalue weighted by atomic mass is 16.5. The molecular formula is C24H15N3O5. The molecule has 1 aliphatic heterocycles. The Hall–Kier alpha value is -4.59. The van der Waals surface area contributed by atoms with Gasteiger partial charge in [-0.2, -0.15) is 0 Å². The number of amides is 2. The van der Waals surface area contributed by atoms with Crippen LogP contribution in [-0.2, 0) is 11.3 Å². The van der Waals surface area contributed by atoms with Crippen molar-refractivity contribution >= 4 is 23.5 Å². The van der Waals surface area contributed by atoms with E-state index in [4.69, 9.17) is 9.15 Å². The lowest BCUT2D eigenvalue weighted by Crippen LogP contribution is -2.29. The molecule has 8 nitrogen and oxygen atoms in total. The third-order valence-electron chi connectivity index (χ3n) is 4.97. The number of hydrogen-bond acceptors (Lipinski definition) is 7. The van der Waals surface area contributed by atoms with E-state index in [0.29, 0.717) is 22.7 Å². The van der Waals surface area contributed by atoms with Crippen LogP contribution in [0.2, 0.25) is 0 Å². The minimum atomic E-state index is -0.599. The van der Waals surface area contributed by atoms with Gasteiger partial charge in [-0.15, -0.1) is 10.2 Å². The van der Waals surface area contributed by atoms with Gasteiger partial charge in [0.05, 0.1) is 22.4 Å². The summed E-state index contributed by atoms with van der Waals surface area (Å²) >= 11 is 0. The number of anilines is 1. The Kier molecular flexibility index (Phi) is 4.79. The van der Waals surface area contributed by atoms with Gasteiger partial charge in [-0.3, -0.25) is 9.59 Å². The lowest BCUT2D eigenvalue weighted by Gasteiger charge is -2.14. The highest BCUT2D eigenvalue weighted by Gasteiger charge is 2.36. The second-order valence-corrected chi connectivity index (χ2v) is 6.98. The molecule has 0 N–H and O–H groups in total. The van der Waals surface area contributed by atoms with Crippen molar-refractivity contribution in [1.82, 2.24) is 10.2 Å². The standard InChI is InChI=1S/C24H15N3O5/c28-22-18-8-4-5-9-19(18)23(29)27(22)17-12-10-16(11-13-17)24(30)31-14-20-25-26-21(32-20)15-6-2-1-3-7-15/h1-13H,14H2. The maximum Gasteiger partial charge on any atom is 0.338 e. The molecule has 8 heteroatoms. The Morgan fingerprint density at radius 2 is 1.44 bits per heavy atom. The van der Waals surface area contributed by atoms with E-state index in [1.165, 1.54) is 24.3 Å². The van der Waals surface area contributed by atoms with Crippen LogP contribution < -0.4 is 4.90 Å². The van der Waals surface area contributed by atoms with Crippen LogP contribution in [0.1, 0.15) is 37.0 Å². The summed E-state index contributed by atoms with van der Waals surface area (Å²) in [6.45, 7) is -0.182. The van der Waals surface area contributed by atoms with Gasteiger partial charge in [-0.05, 0) is 48.5 Å². The van der Waals surface area contributed by atoms with Crippen molar-refractivity contribution in [2.45, 2.75) is 6.61 Å². The minimum Gasteiger partial charge on any atom is -0.452 e. The predicted octanol–water partition coefficient (Wildman–Crippen LogP) is 3.89. The molecule has 1 aromatic heterocycles. The van der Waals surface area contributed by atoms with Gasteiger partial charge in [0.2, 0.25) is 5.89 Å². The van der Waals surface area contributed by atoms with E-state index < -0.39 is 17.8 Å². The molecule has 0 fully saturated rings. The molecule has 0 aliphatic carbocycles. The maximum absolute atomic E-state index is 12.6. The average Bonchev–Trinajstić information content (AvgIpc) is 3.41. The van der Waals surface area contributed by atoms with Crippen molar-refractivity contribution in [3.63, 3.8) is 0 Å². The van der Waals surface area contributed by atoms with E-state index in [0.717, 1.165) is 10.5 Å². The van der Waals surface area contributed by atoms with Crippen molar-refractivity contribution in [2.75, 3.05) is 4.90 Å². The zero-order valence-electron chi connectivity index (χ0n) is 16.6. The summed E-state index contributed by atoms with van der Waals surface area (Å²) in [5.74, 6) is -0.891. The molecule has 0 saturated carbocycles. The van der Waals surface area contributed by atoms with Gasteiger partial charge in [0, 0.05) is 5.56 Å². The van der Waals surface area contributed by atoms with Crippen LogP contribution in [0.25, 0.3) is 11.5 Å². The predicted molar refractivity (Wildman–Crippen MR) is 113 cm³/mol. The summed E-state index contributed by atoms with van der Waals surface area (Å²) in [5.41, 5.74) is 2.11. The molecule has 0 atom stereocenters. The van der Waals surface area contributed by atoms with Crippen LogP contribution in [0, 0.1) is 0 Å². The molecule has 32 heavy (non-hydrogen) atoms. The van der Waals surface area contributed by atoms with Crippen LogP contribution in [0.3, 0.4) is 0 Å². The van der Waals surface area contributed by atoms with Crippen molar-refractivity contribution in [2.24, 2.45) is 0 Å². The monoisotopic (exact) mass is 425 g/mol. The van der Waals surface area contributed by atoms with Gasteiger partial charge < -0.3 is 9.15 Å². The molecule has 5 rings (SSSR count). The van der Waals surface area contributed by atoms with E-state index >= 15 is 0 Å². The van der Waals surface area contributed by atoms with E-state index in [1.54, 1.807) is 24.3 Å². The number of nitrogens with zero attached hydrogens (tertiary/aromatic N) is 3. The first kappa shape index (κ1) is 19.4. The second kappa shape index (κ2) is 7.92. The lowest BCUT2D eigenvalue weighted by atomic mass is 10.1. The maximum atomic E-state index is 12.6. The average molecular weight is 425 g/mol. The minimum absolute atomic E-state index is 0.167. The zero-order valence-corrected chi connectivity index (χ0v) is 16.6. The van der Waals surface area contributed by atoms with Gasteiger partial charge in [-0.25, -0.2) is 9.69 Å². The van der Waals surface area contributed by atoms with Gasteiger partial charge >= 0.3 is 5.97 Å². The molecule has 2 heterocycles. The molecule has 0 spiro atoms. The Morgan fingerprint density at radius 1 is 0.812 bits per heavy atom. The summed E-state index contributed by atoms with van der Waals surface area (Å²) in [4.78, 5) is 38.6. The van der Waals surface area contributed by atoms with E-state index in [9.17, 15) is 14.4 Å². The molecule has 0 saturated heterocycles. The Bertz CT molecular complexity index is 1290. The fourth-order valence-corrected chi connectivity index (χ4v) is 3.39. The van der Waals surface area contributed by atoms with Crippen molar-refractivity contribution in [3.8, 4) is 11.5 Å². The highest BCUT2D eigenvalue weighted by molar-refractivity contribution is 6.34. The normalized spacial score (nSPS) is 12.7. The van der Waals surface area contributed by atoms with Crippen LogP contribution in [0.15, 0.2) is 83.3 Å². The van der Waals surface area contributed by atoms with Crippen molar-refractivity contribution in [1.29, 1.82) is 0 Å². The number of benzene rings is 3. The molecule has 0 radical (unpaired) electrons. The number of rotatable bonds is 5. The van der Waals surface area contributed by atoms with Gasteiger partial charge in [0.25, 0.3) is 17.7 Å². The Labute approximate surface area is 182 Å². The molecule has 1 aliphatic rings. The van der Waals surface area contributed by atoms with E-state index in [-0.39, 0.29) is 18.1 Å². The first-order valence-corrected chi connectivity index (χ1v) is 9.74. The van der Waals surface area contributed by atoms with Crippen LogP contribution >= 0.6 is 0 Å². The fraction of sp³-hybridized carbons (Fsp3) is 0.0417. The molecule has 2 amide bonds. The summed E-state index contributed by atoms with van der Waals surface area (Å²) in [7, 11) is 0. The number of aromatic nitrogens is 2. The van der Waals surface area contributed by atoms with Crippen molar-refractivity contribution in [3.05, 3.63) is 101 Å². The van der Waals surface area contributed by atoms with Gasteiger partial charge in [0.15, 0.2) is 6.61 Å². The molecule has 0 bridgehead atoms. The van der Waals surface area contributed by atoms with Gasteiger partial charge in [0.1, 0.15) is 0 Å². The topological polar surface area (TPSA) is 103 Å². The quantitative estimate of drug-likeness (QED) is 0.353. The van der Waals surface area contributed by atoms with Crippen LogP contribution in [0.5, 0.6) is 0 Å². The molecule has 156 valence electrons. The van der Waals surface area contributed by atoms with Crippen LogP contribution in [-0.4, -0.2) is 28.0 Å². The number of esters is 1. The largest absolute Gasteiger partial charge is 0.452 e. The molecule has 0 unspecified atom stereocenters. The fourth-order valence-electron chi connectivity index (χ4n) is 3.39. The lowest BCUT2D eigenvalue weighted by molar-refractivity contribution is 0.0438. The summed E-state index contributed by atoms with van der Waals surface area (Å²) in [5, 5.41) is 7.83. The number of imide groups is 1. The Balaban J connectivity index is 1.25. The first-order valence-electron chi connectivity index (χ1n) is 9.74. The van der Waals surface area contributed by atoms with E-state index in [2.05, 4.69) is 10.2 Å². The summed E-state index contributed by atoms with van der Waals surface area (Å²) in [6.07, 6.45) is 0. The molecule has 4 aromatic rings. The molecular weight excluding hydrogens is 410 g/mol. The number of ether oxygens (including phenoxy) is 1. The van der Waals surface area contributed by atoms with Crippen LogP contribution in [0.4, 0.5) is 5.69 Å². The third-order valence-corrected chi connectivity index (χ3v) is 4.97. The van der Waals surface area contributed by atoms with E-state index in [1.807, 2.05) is 30.3 Å².